The van der Waals surface area contributed by atoms with Crippen molar-refractivity contribution in [2.75, 3.05) is 0 Å². The van der Waals surface area contributed by atoms with E-state index in [1.54, 1.807) is 4.68 Å². The molecule has 0 unspecified atom stereocenters. The first-order valence-corrected chi connectivity index (χ1v) is 4.04. The lowest BCUT2D eigenvalue weighted by molar-refractivity contribution is 0.0997. The molecule has 0 radical (unpaired) electrons. The van der Waals surface area contributed by atoms with Gasteiger partial charge in [-0.3, -0.25) is 9.48 Å². The second kappa shape index (κ2) is 3.44. The van der Waals surface area contributed by atoms with Gasteiger partial charge in [-0.2, -0.15) is 5.10 Å². The number of Topliss-reactive ketones (excluding diaryl/α,β-unsaturated/α-hetero) is 1. The molecule has 0 amide bonds. The van der Waals surface area contributed by atoms with Gasteiger partial charge in [0.15, 0.2) is 5.78 Å². The molecule has 0 saturated carbocycles. The van der Waals surface area contributed by atoms with Crippen LogP contribution in [0.5, 0.6) is 0 Å². The lowest BCUT2D eigenvalue weighted by atomic mass is 10.1. The molecular weight excluding hydrogens is 164 g/mol. The molecule has 0 saturated heterocycles. The van der Waals surface area contributed by atoms with Crippen molar-refractivity contribution in [3.05, 3.63) is 17.0 Å². The first kappa shape index (κ1) is 9.53. The van der Waals surface area contributed by atoms with Gasteiger partial charge in [-0.05, 0) is 13.8 Å². The van der Waals surface area contributed by atoms with Crippen LogP contribution in [0.4, 0.5) is 0 Å². The van der Waals surface area contributed by atoms with Crippen molar-refractivity contribution in [2.45, 2.75) is 20.3 Å². The number of aromatic nitrogens is 2. The third-order valence-electron chi connectivity index (χ3n) is 2.05. The highest BCUT2D eigenvalue weighted by Crippen LogP contribution is 2.13. The maximum Gasteiger partial charge on any atom is 0.178 e. The smallest absolute Gasteiger partial charge is 0.178 e. The average molecular weight is 176 g/mol. The number of aryl methyl sites for hydroxylation is 2. The Labute approximate surface area is 77.8 Å². The largest absolute Gasteiger partial charge is 0.293 e. The monoisotopic (exact) mass is 176 g/mol. The highest BCUT2D eigenvalue weighted by Gasteiger charge is 2.15. The molecule has 1 aromatic rings. The number of hydrogen-bond acceptors (Lipinski definition) is 2. The molecule has 0 atom stereocenters. The molecule has 0 spiro atoms. The first-order chi connectivity index (χ1) is 6.07. The third-order valence-corrected chi connectivity index (χ3v) is 2.05. The van der Waals surface area contributed by atoms with E-state index in [0.717, 1.165) is 11.4 Å². The van der Waals surface area contributed by atoms with E-state index in [9.17, 15) is 4.79 Å². The van der Waals surface area contributed by atoms with Gasteiger partial charge in [-0.25, -0.2) is 0 Å². The minimum Gasteiger partial charge on any atom is -0.293 e. The van der Waals surface area contributed by atoms with Crippen LogP contribution in [0.2, 0.25) is 0 Å². The van der Waals surface area contributed by atoms with Gasteiger partial charge < -0.3 is 0 Å². The predicted molar refractivity (Wildman–Crippen MR) is 50.5 cm³/mol. The van der Waals surface area contributed by atoms with E-state index >= 15 is 0 Å². The molecule has 68 valence electrons. The molecule has 3 heteroatoms. The Hall–Kier alpha value is -1.56. The Bertz CT molecular complexity index is 382. The van der Waals surface area contributed by atoms with Crippen molar-refractivity contribution < 1.29 is 4.79 Å². The highest BCUT2D eigenvalue weighted by atomic mass is 16.1. The van der Waals surface area contributed by atoms with Crippen LogP contribution >= 0.6 is 0 Å². The van der Waals surface area contributed by atoms with Gasteiger partial charge in [0.2, 0.25) is 0 Å². The van der Waals surface area contributed by atoms with Crippen molar-refractivity contribution in [3.63, 3.8) is 0 Å². The number of carbonyl (C=O) groups excluding carboxylic acids is 1. The second-order valence-corrected chi connectivity index (χ2v) is 2.97. The molecule has 0 aliphatic heterocycles. The van der Waals surface area contributed by atoms with Gasteiger partial charge in [0.25, 0.3) is 0 Å². The number of rotatable bonds is 2. The third kappa shape index (κ3) is 1.62. The molecule has 0 aliphatic rings. The van der Waals surface area contributed by atoms with E-state index in [1.165, 1.54) is 0 Å². The summed E-state index contributed by atoms with van der Waals surface area (Å²) >= 11 is 0. The minimum atomic E-state index is -0.0226. The maximum absolute atomic E-state index is 11.5. The molecule has 1 rings (SSSR count). The van der Waals surface area contributed by atoms with E-state index in [0.29, 0.717) is 5.56 Å². The van der Waals surface area contributed by atoms with E-state index in [4.69, 9.17) is 6.42 Å². The average Bonchev–Trinajstić information content (AvgIpc) is 2.27. The zero-order valence-electron chi connectivity index (χ0n) is 8.09. The predicted octanol–water partition coefficient (Wildman–Crippen LogP) is 1.24. The van der Waals surface area contributed by atoms with Crippen molar-refractivity contribution in [1.29, 1.82) is 0 Å². The zero-order chi connectivity index (χ0) is 10.0. The topological polar surface area (TPSA) is 34.9 Å². The van der Waals surface area contributed by atoms with Crippen molar-refractivity contribution >= 4 is 5.78 Å². The quantitative estimate of drug-likeness (QED) is 0.502. The van der Waals surface area contributed by atoms with Crippen LogP contribution < -0.4 is 0 Å². The van der Waals surface area contributed by atoms with Crippen LogP contribution in [-0.2, 0) is 7.05 Å². The second-order valence-electron chi connectivity index (χ2n) is 2.97. The molecule has 13 heavy (non-hydrogen) atoms. The lowest BCUT2D eigenvalue weighted by Gasteiger charge is -1.96. The van der Waals surface area contributed by atoms with Crippen LogP contribution in [0.3, 0.4) is 0 Å². The van der Waals surface area contributed by atoms with Gasteiger partial charge in [0.1, 0.15) is 0 Å². The van der Waals surface area contributed by atoms with Gasteiger partial charge in [-0.1, -0.05) is 5.92 Å². The van der Waals surface area contributed by atoms with Crippen LogP contribution in [0, 0.1) is 26.2 Å². The summed E-state index contributed by atoms with van der Waals surface area (Å²) in [5.41, 5.74) is 2.29. The number of carbonyl (C=O) groups is 1. The molecule has 0 N–H and O–H groups in total. The molecule has 3 nitrogen and oxygen atoms in total. The first-order valence-electron chi connectivity index (χ1n) is 4.04. The van der Waals surface area contributed by atoms with Gasteiger partial charge in [0, 0.05) is 12.7 Å². The fourth-order valence-electron chi connectivity index (χ4n) is 1.36. The molecule has 0 fully saturated rings. The normalized spacial score (nSPS) is 9.69. The Balaban J connectivity index is 3.15. The fraction of sp³-hybridized carbons (Fsp3) is 0.400. The maximum atomic E-state index is 11.5. The number of hydrogen-bond donors (Lipinski definition) is 0. The van der Waals surface area contributed by atoms with Crippen molar-refractivity contribution in [2.24, 2.45) is 7.05 Å². The van der Waals surface area contributed by atoms with Gasteiger partial charge >= 0.3 is 0 Å². The molecule has 1 aromatic heterocycles. The standard InChI is InChI=1S/C10H12N2O/c1-5-6-9(13)10-7(2)11-12(4)8(10)3/h1H,6H2,2-4H3. The SMILES string of the molecule is C#CCC(=O)c1c(C)nn(C)c1C. The number of ketones is 1. The summed E-state index contributed by atoms with van der Waals surface area (Å²) in [6.45, 7) is 3.68. The Morgan fingerprint density at radius 2 is 2.23 bits per heavy atom. The molecular formula is C10H12N2O. The summed E-state index contributed by atoms with van der Waals surface area (Å²) in [7, 11) is 1.81. The highest BCUT2D eigenvalue weighted by molar-refractivity contribution is 5.99. The summed E-state index contributed by atoms with van der Waals surface area (Å²) in [5.74, 6) is 2.32. The van der Waals surface area contributed by atoms with Crippen LogP contribution in [0.25, 0.3) is 0 Å². The Morgan fingerprint density at radius 3 is 2.62 bits per heavy atom. The fourth-order valence-corrected chi connectivity index (χ4v) is 1.36. The summed E-state index contributed by atoms with van der Waals surface area (Å²) < 4.78 is 1.69. The van der Waals surface area contributed by atoms with E-state index in [1.807, 2.05) is 20.9 Å². The van der Waals surface area contributed by atoms with E-state index < -0.39 is 0 Å². The Kier molecular flexibility index (Phi) is 2.52. The van der Waals surface area contributed by atoms with Gasteiger partial charge in [-0.15, -0.1) is 6.42 Å². The summed E-state index contributed by atoms with van der Waals surface area (Å²) in [5, 5.41) is 4.14. The molecule has 0 aliphatic carbocycles. The molecule has 0 bridgehead atoms. The minimum absolute atomic E-state index is 0.0226. The summed E-state index contributed by atoms with van der Waals surface area (Å²) in [6.07, 6.45) is 5.22. The summed E-state index contributed by atoms with van der Waals surface area (Å²) in [6, 6.07) is 0. The summed E-state index contributed by atoms with van der Waals surface area (Å²) in [4.78, 5) is 11.5. The number of terminal acetylenes is 1. The van der Waals surface area contributed by atoms with E-state index in [-0.39, 0.29) is 12.2 Å². The van der Waals surface area contributed by atoms with E-state index in [2.05, 4.69) is 11.0 Å². The van der Waals surface area contributed by atoms with Crippen LogP contribution in [-0.4, -0.2) is 15.6 Å². The molecule has 1 heterocycles. The van der Waals surface area contributed by atoms with Crippen molar-refractivity contribution in [3.8, 4) is 12.3 Å². The molecule has 0 aromatic carbocycles. The van der Waals surface area contributed by atoms with Gasteiger partial charge in [0.05, 0.1) is 17.7 Å². The zero-order valence-corrected chi connectivity index (χ0v) is 8.09. The Morgan fingerprint density at radius 1 is 1.62 bits per heavy atom. The van der Waals surface area contributed by atoms with Crippen LogP contribution in [0.15, 0.2) is 0 Å². The van der Waals surface area contributed by atoms with Crippen molar-refractivity contribution in [1.82, 2.24) is 9.78 Å². The van der Waals surface area contributed by atoms with Crippen LogP contribution in [0.1, 0.15) is 28.2 Å². The number of nitrogens with zero attached hydrogens (tertiary/aromatic N) is 2. The lowest BCUT2D eigenvalue weighted by Crippen LogP contribution is -2.01.